The number of hydrogen-bond donors (Lipinski definition) is 1. The van der Waals surface area contributed by atoms with Gasteiger partial charge < -0.3 is 15.0 Å². The average molecular weight is 198 g/mol. The first-order valence-electron chi connectivity index (χ1n) is 5.02. The molecule has 14 heavy (non-hydrogen) atoms. The van der Waals surface area contributed by atoms with Crippen LogP contribution in [0.5, 0.6) is 0 Å². The number of aromatic nitrogens is 3. The van der Waals surface area contributed by atoms with Gasteiger partial charge in [0, 0.05) is 13.2 Å². The first kappa shape index (κ1) is 11.1. The first-order valence-corrected chi connectivity index (χ1v) is 5.02. The molecule has 5 nitrogen and oxygen atoms in total. The molecule has 0 aliphatic carbocycles. The Kier molecular flexibility index (Phi) is 4.55. The van der Waals surface area contributed by atoms with Crippen molar-refractivity contribution < 1.29 is 4.74 Å². The lowest BCUT2D eigenvalue weighted by atomic mass is 10.5. The van der Waals surface area contributed by atoms with E-state index in [1.54, 1.807) is 0 Å². The summed E-state index contributed by atoms with van der Waals surface area (Å²) in [5.74, 6) is 1.68. The van der Waals surface area contributed by atoms with Crippen molar-refractivity contribution in [1.82, 2.24) is 14.8 Å². The molecule has 0 unspecified atom stereocenters. The molecule has 0 saturated carbocycles. The van der Waals surface area contributed by atoms with E-state index in [1.807, 2.05) is 11.5 Å². The Morgan fingerprint density at radius 2 is 2.00 bits per heavy atom. The standard InChI is InChI=1S/C9H18N4O/c1-3-5-14-7-9-12-11-8(6-10)13(9)4-2/h3-7,10H2,1-2H3. The third-order valence-corrected chi connectivity index (χ3v) is 1.98. The lowest BCUT2D eigenvalue weighted by Gasteiger charge is -2.06. The van der Waals surface area contributed by atoms with Crippen LogP contribution in [0.4, 0.5) is 0 Å². The second-order valence-corrected chi connectivity index (χ2v) is 3.03. The topological polar surface area (TPSA) is 66.0 Å². The summed E-state index contributed by atoms with van der Waals surface area (Å²) in [4.78, 5) is 0. The molecule has 0 fully saturated rings. The van der Waals surface area contributed by atoms with Crippen LogP contribution in [-0.2, 0) is 24.4 Å². The van der Waals surface area contributed by atoms with Crippen LogP contribution in [0, 0.1) is 0 Å². The molecule has 2 N–H and O–H groups in total. The smallest absolute Gasteiger partial charge is 0.159 e. The van der Waals surface area contributed by atoms with Crippen LogP contribution >= 0.6 is 0 Å². The molecule has 1 heterocycles. The number of hydrogen-bond acceptors (Lipinski definition) is 4. The molecule has 1 aromatic rings. The highest BCUT2D eigenvalue weighted by Crippen LogP contribution is 2.03. The van der Waals surface area contributed by atoms with E-state index in [-0.39, 0.29) is 0 Å². The number of ether oxygens (including phenoxy) is 1. The molecule has 0 spiro atoms. The summed E-state index contributed by atoms with van der Waals surface area (Å²) in [7, 11) is 0. The zero-order valence-corrected chi connectivity index (χ0v) is 8.86. The van der Waals surface area contributed by atoms with Crippen molar-refractivity contribution in [3.05, 3.63) is 11.6 Å². The number of rotatable bonds is 6. The van der Waals surface area contributed by atoms with Gasteiger partial charge in [0.25, 0.3) is 0 Å². The molecule has 1 rings (SSSR count). The lowest BCUT2D eigenvalue weighted by Crippen LogP contribution is -2.10. The molecule has 0 atom stereocenters. The quantitative estimate of drug-likeness (QED) is 0.683. The van der Waals surface area contributed by atoms with Gasteiger partial charge in [-0.15, -0.1) is 10.2 Å². The molecule has 0 bridgehead atoms. The van der Waals surface area contributed by atoms with Gasteiger partial charge in [-0.3, -0.25) is 0 Å². The van der Waals surface area contributed by atoms with E-state index in [4.69, 9.17) is 10.5 Å². The van der Waals surface area contributed by atoms with Gasteiger partial charge in [0.2, 0.25) is 0 Å². The molecule has 1 aromatic heterocycles. The van der Waals surface area contributed by atoms with Gasteiger partial charge in [-0.05, 0) is 13.3 Å². The summed E-state index contributed by atoms with van der Waals surface area (Å²) in [5.41, 5.74) is 5.53. The van der Waals surface area contributed by atoms with Crippen molar-refractivity contribution in [3.63, 3.8) is 0 Å². The van der Waals surface area contributed by atoms with Crippen molar-refractivity contribution in [3.8, 4) is 0 Å². The minimum absolute atomic E-state index is 0.425. The maximum atomic E-state index is 5.53. The highest BCUT2D eigenvalue weighted by Gasteiger charge is 2.08. The van der Waals surface area contributed by atoms with E-state index in [0.29, 0.717) is 13.2 Å². The molecule has 0 aliphatic heterocycles. The van der Waals surface area contributed by atoms with Crippen LogP contribution in [0.15, 0.2) is 0 Å². The van der Waals surface area contributed by atoms with Crippen LogP contribution in [0.3, 0.4) is 0 Å². The van der Waals surface area contributed by atoms with Crippen molar-refractivity contribution in [2.24, 2.45) is 5.73 Å². The second kappa shape index (κ2) is 5.72. The van der Waals surface area contributed by atoms with Crippen LogP contribution in [-0.4, -0.2) is 21.4 Å². The fourth-order valence-electron chi connectivity index (χ4n) is 1.30. The van der Waals surface area contributed by atoms with Gasteiger partial charge in [0.05, 0.1) is 6.54 Å². The van der Waals surface area contributed by atoms with Gasteiger partial charge >= 0.3 is 0 Å². The maximum Gasteiger partial charge on any atom is 0.159 e. The number of nitrogens with two attached hydrogens (primary N) is 1. The molecule has 5 heteroatoms. The minimum Gasteiger partial charge on any atom is -0.373 e. The zero-order chi connectivity index (χ0) is 10.4. The van der Waals surface area contributed by atoms with E-state index in [2.05, 4.69) is 17.1 Å². The fourth-order valence-corrected chi connectivity index (χ4v) is 1.30. The van der Waals surface area contributed by atoms with Crippen molar-refractivity contribution >= 4 is 0 Å². The molecule has 80 valence electrons. The SMILES string of the molecule is CCCOCc1nnc(CN)n1CC. The minimum atomic E-state index is 0.425. The van der Waals surface area contributed by atoms with Crippen LogP contribution in [0.1, 0.15) is 31.9 Å². The highest BCUT2D eigenvalue weighted by atomic mass is 16.5. The molecule has 0 aromatic carbocycles. The van der Waals surface area contributed by atoms with E-state index < -0.39 is 0 Å². The largest absolute Gasteiger partial charge is 0.373 e. The predicted molar refractivity (Wildman–Crippen MR) is 53.5 cm³/mol. The Labute approximate surface area is 84.3 Å². The van der Waals surface area contributed by atoms with Crippen molar-refractivity contribution in [2.45, 2.75) is 40.0 Å². The van der Waals surface area contributed by atoms with E-state index in [0.717, 1.165) is 31.2 Å². The van der Waals surface area contributed by atoms with Crippen LogP contribution in [0.25, 0.3) is 0 Å². The maximum absolute atomic E-state index is 5.53. The Bertz CT molecular complexity index is 272. The monoisotopic (exact) mass is 198 g/mol. The average Bonchev–Trinajstić information content (AvgIpc) is 2.60. The Morgan fingerprint density at radius 1 is 1.29 bits per heavy atom. The third kappa shape index (κ3) is 2.52. The van der Waals surface area contributed by atoms with E-state index >= 15 is 0 Å². The summed E-state index contributed by atoms with van der Waals surface area (Å²) in [6, 6.07) is 0. The molecule has 0 amide bonds. The molecular formula is C9H18N4O. The fraction of sp³-hybridized carbons (Fsp3) is 0.778. The molecule has 0 saturated heterocycles. The summed E-state index contributed by atoms with van der Waals surface area (Å²) in [6.07, 6.45) is 1.02. The zero-order valence-electron chi connectivity index (χ0n) is 8.86. The Morgan fingerprint density at radius 3 is 2.57 bits per heavy atom. The summed E-state index contributed by atoms with van der Waals surface area (Å²) >= 11 is 0. The summed E-state index contributed by atoms with van der Waals surface area (Å²) < 4.78 is 7.40. The van der Waals surface area contributed by atoms with Crippen molar-refractivity contribution in [2.75, 3.05) is 6.61 Å². The van der Waals surface area contributed by atoms with E-state index in [9.17, 15) is 0 Å². The predicted octanol–water partition coefficient (Wildman–Crippen LogP) is 0.683. The van der Waals surface area contributed by atoms with Crippen LogP contribution in [0.2, 0.25) is 0 Å². The normalized spacial score (nSPS) is 10.8. The Balaban J connectivity index is 2.61. The van der Waals surface area contributed by atoms with Gasteiger partial charge in [-0.2, -0.15) is 0 Å². The summed E-state index contributed by atoms with van der Waals surface area (Å²) in [5, 5.41) is 8.03. The second-order valence-electron chi connectivity index (χ2n) is 3.03. The van der Waals surface area contributed by atoms with Crippen molar-refractivity contribution in [1.29, 1.82) is 0 Å². The molecule has 0 aliphatic rings. The van der Waals surface area contributed by atoms with Gasteiger partial charge in [0.1, 0.15) is 12.4 Å². The Hall–Kier alpha value is -0.940. The van der Waals surface area contributed by atoms with Gasteiger partial charge in [0.15, 0.2) is 5.82 Å². The highest BCUT2D eigenvalue weighted by molar-refractivity contribution is 4.94. The first-order chi connectivity index (χ1) is 6.83. The lowest BCUT2D eigenvalue weighted by molar-refractivity contribution is 0.113. The molecule has 0 radical (unpaired) electrons. The van der Waals surface area contributed by atoms with Crippen LogP contribution < -0.4 is 5.73 Å². The molecular weight excluding hydrogens is 180 g/mol. The third-order valence-electron chi connectivity index (χ3n) is 1.98. The van der Waals surface area contributed by atoms with E-state index in [1.165, 1.54) is 0 Å². The summed E-state index contributed by atoms with van der Waals surface area (Å²) in [6.45, 7) is 6.67. The number of nitrogens with zero attached hydrogens (tertiary/aromatic N) is 3. The van der Waals surface area contributed by atoms with Gasteiger partial charge in [-0.25, -0.2) is 0 Å². The van der Waals surface area contributed by atoms with Gasteiger partial charge in [-0.1, -0.05) is 6.92 Å².